The largest absolute Gasteiger partial charge is 0.331 e. The van der Waals surface area contributed by atoms with Crippen molar-refractivity contribution in [2.45, 2.75) is 70.1 Å². The minimum absolute atomic E-state index is 0.750. The summed E-state index contributed by atoms with van der Waals surface area (Å²) in [6.07, 6.45) is 2.97. The zero-order valence-electron chi connectivity index (χ0n) is 11.0. The summed E-state index contributed by atoms with van der Waals surface area (Å²) in [4.78, 5) is 0. The van der Waals surface area contributed by atoms with E-state index in [1.54, 1.807) is 0 Å². The summed E-state index contributed by atoms with van der Waals surface area (Å²) >= 11 is 0. The summed E-state index contributed by atoms with van der Waals surface area (Å²) in [6, 6.07) is 0. The molecule has 3 heteroatoms. The Balaban J connectivity index is 0.000000210. The van der Waals surface area contributed by atoms with Crippen LogP contribution in [0.4, 0.5) is 0 Å². The van der Waals surface area contributed by atoms with E-state index in [0.29, 0.717) is 0 Å². The second-order valence-electron chi connectivity index (χ2n) is 4.82. The molecule has 0 amide bonds. The molecule has 15 heavy (non-hydrogen) atoms. The Bertz CT molecular complexity index is 113. The molecule has 2 saturated heterocycles. The minimum atomic E-state index is 0.750. The van der Waals surface area contributed by atoms with Gasteiger partial charge in [-0.15, -0.1) is 17.2 Å². The molecule has 0 bridgehead atoms. The zero-order chi connectivity index (χ0) is 11.8. The van der Waals surface area contributed by atoms with E-state index in [1.807, 2.05) is 6.92 Å². The fraction of sp³-hybridized carbons (Fsp3) is 1.00. The Morgan fingerprint density at radius 3 is 1.00 bits per heavy atom. The lowest BCUT2D eigenvalue weighted by atomic mass is 10.2. The van der Waals surface area contributed by atoms with Gasteiger partial charge in [-0.1, -0.05) is 34.6 Å². The van der Waals surface area contributed by atoms with Crippen LogP contribution in [0.2, 0.25) is 0 Å². The molecule has 0 unspecified atom stereocenters. The summed E-state index contributed by atoms with van der Waals surface area (Å²) in [6.45, 7) is 12.0. The number of nitrogens with two attached hydrogens (primary N) is 1. The standard InChI is InChI=1S/2C5H11P.C2H7N/c2*1-4-3-5(2)6-4;1-2-3/h2*4-6H,3H2,1-2H3;2-3H2,1H3/t2*4-,5-;/m11./s1. The molecule has 0 aromatic carbocycles. The first-order valence-electron chi connectivity index (χ1n) is 6.21. The third kappa shape index (κ3) is 8.61. The second kappa shape index (κ2) is 8.91. The van der Waals surface area contributed by atoms with Gasteiger partial charge in [-0.05, 0) is 42.0 Å². The summed E-state index contributed by atoms with van der Waals surface area (Å²) in [5.41, 5.74) is 9.12. The van der Waals surface area contributed by atoms with Gasteiger partial charge in [0.2, 0.25) is 0 Å². The van der Waals surface area contributed by atoms with Crippen LogP contribution in [0.3, 0.4) is 0 Å². The highest BCUT2D eigenvalue weighted by Gasteiger charge is 2.19. The van der Waals surface area contributed by atoms with E-state index in [2.05, 4.69) is 27.7 Å². The average molecular weight is 249 g/mol. The third-order valence-corrected chi connectivity index (χ3v) is 5.77. The molecule has 0 aromatic rings. The SMILES string of the molecule is CCN.C[C@@H]1C[C@@H](C)P1.C[C@@H]1C[C@@H](C)P1. The maximum Gasteiger partial charge on any atom is -0.0106 e. The fourth-order valence-corrected chi connectivity index (χ4v) is 5.01. The topological polar surface area (TPSA) is 26.0 Å². The summed E-state index contributed by atoms with van der Waals surface area (Å²) in [5, 5.41) is 0. The summed E-state index contributed by atoms with van der Waals surface area (Å²) in [7, 11) is 2.54. The average Bonchev–Trinajstić information content (AvgIpc) is 2.02. The van der Waals surface area contributed by atoms with Gasteiger partial charge in [0.1, 0.15) is 0 Å². The molecule has 2 heterocycles. The molecular weight excluding hydrogens is 220 g/mol. The van der Waals surface area contributed by atoms with Crippen LogP contribution in [-0.4, -0.2) is 29.2 Å². The summed E-state index contributed by atoms with van der Waals surface area (Å²) in [5.74, 6) is 0. The molecule has 2 aliphatic heterocycles. The van der Waals surface area contributed by atoms with Gasteiger partial charge in [0.25, 0.3) is 0 Å². The maximum atomic E-state index is 4.85. The van der Waals surface area contributed by atoms with Crippen LogP contribution >= 0.6 is 17.2 Å². The number of hydrogen-bond acceptors (Lipinski definition) is 1. The van der Waals surface area contributed by atoms with Gasteiger partial charge in [-0.25, -0.2) is 0 Å². The maximum absolute atomic E-state index is 4.85. The predicted molar refractivity (Wildman–Crippen MR) is 78.4 cm³/mol. The Morgan fingerprint density at radius 1 is 0.867 bits per heavy atom. The zero-order valence-corrected chi connectivity index (χ0v) is 13.0. The molecule has 2 fully saturated rings. The lowest BCUT2D eigenvalue weighted by molar-refractivity contribution is 0.724. The highest BCUT2D eigenvalue weighted by Crippen LogP contribution is 2.42. The van der Waals surface area contributed by atoms with Crippen LogP contribution in [0.25, 0.3) is 0 Å². The van der Waals surface area contributed by atoms with Gasteiger partial charge in [-0.3, -0.25) is 0 Å². The molecule has 2 N–H and O–H groups in total. The highest BCUT2D eigenvalue weighted by molar-refractivity contribution is 7.41. The molecule has 92 valence electrons. The van der Waals surface area contributed by atoms with Crippen LogP contribution < -0.4 is 5.73 Å². The summed E-state index contributed by atoms with van der Waals surface area (Å²) < 4.78 is 0. The van der Waals surface area contributed by atoms with Crippen LogP contribution in [0, 0.1) is 0 Å². The van der Waals surface area contributed by atoms with Gasteiger partial charge in [0, 0.05) is 0 Å². The molecule has 0 aliphatic carbocycles. The van der Waals surface area contributed by atoms with Crippen molar-refractivity contribution in [1.29, 1.82) is 0 Å². The van der Waals surface area contributed by atoms with Crippen molar-refractivity contribution < 1.29 is 0 Å². The Hall–Kier alpha value is 0.820. The molecule has 4 atom stereocenters. The second-order valence-corrected chi connectivity index (χ2v) is 9.43. The molecule has 0 aromatic heterocycles. The quantitative estimate of drug-likeness (QED) is 0.651. The molecule has 0 spiro atoms. The van der Waals surface area contributed by atoms with Gasteiger partial charge >= 0.3 is 0 Å². The van der Waals surface area contributed by atoms with Gasteiger partial charge in [0.15, 0.2) is 0 Å². The number of hydrogen-bond donors (Lipinski definition) is 1. The lowest BCUT2D eigenvalue weighted by Gasteiger charge is -2.29. The van der Waals surface area contributed by atoms with E-state index in [4.69, 9.17) is 5.73 Å². The molecule has 2 rings (SSSR count). The smallest absolute Gasteiger partial charge is 0.0106 e. The van der Waals surface area contributed by atoms with E-state index in [1.165, 1.54) is 30.0 Å². The fourth-order valence-electron chi connectivity index (χ4n) is 1.98. The molecule has 0 saturated carbocycles. The van der Waals surface area contributed by atoms with Crippen molar-refractivity contribution in [1.82, 2.24) is 0 Å². The van der Waals surface area contributed by atoms with Gasteiger partial charge in [0.05, 0.1) is 0 Å². The van der Waals surface area contributed by atoms with Crippen molar-refractivity contribution in [2.75, 3.05) is 6.54 Å². The minimum Gasteiger partial charge on any atom is -0.331 e. The number of rotatable bonds is 0. The highest BCUT2D eigenvalue weighted by atomic mass is 31.1. The van der Waals surface area contributed by atoms with Crippen molar-refractivity contribution >= 4 is 17.2 Å². The van der Waals surface area contributed by atoms with E-state index in [9.17, 15) is 0 Å². The van der Waals surface area contributed by atoms with Crippen LogP contribution in [-0.2, 0) is 0 Å². The van der Waals surface area contributed by atoms with Gasteiger partial charge < -0.3 is 5.73 Å². The Labute approximate surface area is 99.9 Å². The first-order valence-corrected chi connectivity index (χ1v) is 8.52. The van der Waals surface area contributed by atoms with Crippen LogP contribution in [0.5, 0.6) is 0 Å². The Morgan fingerprint density at radius 2 is 1.00 bits per heavy atom. The molecule has 2 aliphatic rings. The lowest BCUT2D eigenvalue weighted by Crippen LogP contribution is -2.16. The molecule has 1 nitrogen and oxygen atoms in total. The van der Waals surface area contributed by atoms with Crippen LogP contribution in [0.15, 0.2) is 0 Å². The van der Waals surface area contributed by atoms with E-state index in [-0.39, 0.29) is 0 Å². The van der Waals surface area contributed by atoms with Crippen molar-refractivity contribution in [3.05, 3.63) is 0 Å². The monoisotopic (exact) mass is 249 g/mol. The Kier molecular flexibility index (Phi) is 9.40. The van der Waals surface area contributed by atoms with E-state index in [0.717, 1.165) is 29.2 Å². The van der Waals surface area contributed by atoms with Crippen LogP contribution in [0.1, 0.15) is 47.5 Å². The van der Waals surface area contributed by atoms with Crippen molar-refractivity contribution in [3.8, 4) is 0 Å². The first-order chi connectivity index (χ1) is 6.99. The normalized spacial score (nSPS) is 37.2. The first kappa shape index (κ1) is 15.8. The van der Waals surface area contributed by atoms with E-state index >= 15 is 0 Å². The predicted octanol–water partition coefficient (Wildman–Crippen LogP) is 3.66. The molecular formula is C12H29NP2. The van der Waals surface area contributed by atoms with E-state index < -0.39 is 0 Å². The van der Waals surface area contributed by atoms with Crippen molar-refractivity contribution in [3.63, 3.8) is 0 Å². The third-order valence-electron chi connectivity index (χ3n) is 2.55. The van der Waals surface area contributed by atoms with Crippen molar-refractivity contribution in [2.24, 2.45) is 5.73 Å². The van der Waals surface area contributed by atoms with Gasteiger partial charge in [-0.2, -0.15) is 0 Å². The molecule has 0 radical (unpaired) electrons.